The van der Waals surface area contributed by atoms with Crippen LogP contribution in [0.25, 0.3) is 0 Å². The van der Waals surface area contributed by atoms with E-state index in [-0.39, 0.29) is 5.56 Å². The van der Waals surface area contributed by atoms with Crippen molar-refractivity contribution in [3.63, 3.8) is 0 Å². The highest BCUT2D eigenvalue weighted by Crippen LogP contribution is 2.35. The second-order valence-electron chi connectivity index (χ2n) is 4.53. The van der Waals surface area contributed by atoms with Crippen LogP contribution in [0.3, 0.4) is 0 Å². The van der Waals surface area contributed by atoms with E-state index < -0.39 is 0 Å². The van der Waals surface area contributed by atoms with Gasteiger partial charge in [-0.15, -0.1) is 0 Å². The molecule has 1 saturated heterocycles. The Morgan fingerprint density at radius 3 is 3.00 bits per heavy atom. The van der Waals surface area contributed by atoms with Crippen LogP contribution in [0.2, 0.25) is 0 Å². The number of pyridine rings is 1. The second kappa shape index (κ2) is 3.46. The van der Waals surface area contributed by atoms with Crippen molar-refractivity contribution in [1.29, 1.82) is 0 Å². The average molecular weight is 269 g/mol. The number of rotatable bonds is 0. The van der Waals surface area contributed by atoms with E-state index in [1.807, 2.05) is 10.6 Å². The van der Waals surface area contributed by atoms with Gasteiger partial charge in [-0.2, -0.15) is 0 Å². The molecule has 3 nitrogen and oxygen atoms in total. The van der Waals surface area contributed by atoms with Crippen LogP contribution < -0.4 is 5.56 Å². The van der Waals surface area contributed by atoms with Gasteiger partial charge in [-0.25, -0.2) is 3.93 Å². The minimum absolute atomic E-state index is 0.158. The van der Waals surface area contributed by atoms with Crippen molar-refractivity contribution < 1.29 is 0 Å². The molecule has 0 saturated carbocycles. The van der Waals surface area contributed by atoms with Gasteiger partial charge in [-0.05, 0) is 18.4 Å². The molecule has 4 heteroatoms. The van der Waals surface area contributed by atoms with Gasteiger partial charge in [0, 0.05) is 53.5 Å². The molecule has 2 bridgehead atoms. The summed E-state index contributed by atoms with van der Waals surface area (Å²) in [6, 6.07) is 5.63. The molecule has 0 spiro atoms. The highest BCUT2D eigenvalue weighted by Gasteiger charge is 2.33. The first-order valence-corrected chi connectivity index (χ1v) is 6.05. The molecule has 2 aliphatic rings. The van der Waals surface area contributed by atoms with Crippen molar-refractivity contribution in [2.75, 3.05) is 13.1 Å². The van der Waals surface area contributed by atoms with Gasteiger partial charge >= 0.3 is 0 Å². The van der Waals surface area contributed by atoms with Crippen molar-refractivity contribution in [3.05, 3.63) is 34.2 Å². The number of piperidine rings is 1. The Morgan fingerprint density at radius 1 is 1.27 bits per heavy atom. The molecule has 0 aromatic carbocycles. The Balaban J connectivity index is 2.10. The number of nitrogens with zero attached hydrogens (tertiary/aromatic N) is 2. The summed E-state index contributed by atoms with van der Waals surface area (Å²) in [4.78, 5) is 11.7. The summed E-state index contributed by atoms with van der Waals surface area (Å²) >= 11 is 3.56. The van der Waals surface area contributed by atoms with E-state index in [1.54, 1.807) is 6.07 Å². The molecule has 0 unspecified atom stereocenters. The van der Waals surface area contributed by atoms with Gasteiger partial charge in [0.05, 0.1) is 0 Å². The van der Waals surface area contributed by atoms with Crippen LogP contribution in [-0.2, 0) is 6.54 Å². The molecule has 0 radical (unpaired) electrons. The maximum Gasteiger partial charge on any atom is 0.250 e. The summed E-state index contributed by atoms with van der Waals surface area (Å²) in [5, 5.41) is 0. The predicted molar refractivity (Wildman–Crippen MR) is 62.1 cm³/mol. The molecule has 2 atom stereocenters. The van der Waals surface area contributed by atoms with E-state index in [0.717, 1.165) is 19.6 Å². The molecule has 15 heavy (non-hydrogen) atoms. The molecule has 0 amide bonds. The number of aromatic nitrogens is 1. The van der Waals surface area contributed by atoms with Gasteiger partial charge in [-0.3, -0.25) is 4.79 Å². The molecule has 3 rings (SSSR count). The van der Waals surface area contributed by atoms with Gasteiger partial charge in [0.1, 0.15) is 0 Å². The maximum absolute atomic E-state index is 11.7. The van der Waals surface area contributed by atoms with Crippen molar-refractivity contribution in [3.8, 4) is 0 Å². The summed E-state index contributed by atoms with van der Waals surface area (Å²) < 4.78 is 4.16. The number of hydrogen-bond donors (Lipinski definition) is 0. The fourth-order valence-corrected chi connectivity index (χ4v) is 3.60. The molecular weight excluding hydrogens is 256 g/mol. The third-order valence-corrected chi connectivity index (χ3v) is 4.01. The largest absolute Gasteiger partial charge is 0.312 e. The molecule has 1 fully saturated rings. The van der Waals surface area contributed by atoms with Crippen molar-refractivity contribution in [1.82, 2.24) is 8.49 Å². The Morgan fingerprint density at radius 2 is 2.13 bits per heavy atom. The lowest BCUT2D eigenvalue weighted by molar-refractivity contribution is 0.202. The first-order valence-electron chi connectivity index (χ1n) is 5.34. The zero-order valence-electron chi connectivity index (χ0n) is 8.40. The third-order valence-electron chi connectivity index (χ3n) is 3.44. The average Bonchev–Trinajstić information content (AvgIpc) is 2.19. The topological polar surface area (TPSA) is 25.2 Å². The fraction of sp³-hybridized carbons (Fsp3) is 0.545. The van der Waals surface area contributed by atoms with E-state index >= 15 is 0 Å². The standard InChI is InChI=1S/C11H13BrN2O/c12-13-5-8-4-9(7-13)10-2-1-3-11(15)14(10)6-8/h1-3,8-9H,4-7H2/t8-,9-/m1/s1. The van der Waals surface area contributed by atoms with Crippen LogP contribution in [-0.4, -0.2) is 21.6 Å². The predicted octanol–water partition coefficient (Wildman–Crippen LogP) is 1.58. The highest BCUT2D eigenvalue weighted by atomic mass is 79.9. The lowest BCUT2D eigenvalue weighted by Crippen LogP contribution is -2.43. The summed E-state index contributed by atoms with van der Waals surface area (Å²) in [6.07, 6.45) is 1.23. The van der Waals surface area contributed by atoms with Crippen LogP contribution in [0.4, 0.5) is 0 Å². The van der Waals surface area contributed by atoms with Crippen LogP contribution in [0, 0.1) is 5.92 Å². The Hall–Kier alpha value is -0.610. The van der Waals surface area contributed by atoms with Gasteiger partial charge in [0.2, 0.25) is 0 Å². The fourth-order valence-electron chi connectivity index (χ4n) is 2.84. The minimum Gasteiger partial charge on any atom is -0.312 e. The maximum atomic E-state index is 11.7. The highest BCUT2D eigenvalue weighted by molar-refractivity contribution is 9.07. The molecule has 80 valence electrons. The molecule has 1 aromatic rings. The van der Waals surface area contributed by atoms with Crippen molar-refractivity contribution in [2.24, 2.45) is 5.92 Å². The second-order valence-corrected chi connectivity index (χ2v) is 5.53. The van der Waals surface area contributed by atoms with Gasteiger partial charge < -0.3 is 4.57 Å². The van der Waals surface area contributed by atoms with Gasteiger partial charge in [-0.1, -0.05) is 6.07 Å². The Labute approximate surface area is 97.0 Å². The molecule has 1 aromatic heterocycles. The normalized spacial score (nSPS) is 29.9. The first kappa shape index (κ1) is 9.60. The smallest absolute Gasteiger partial charge is 0.250 e. The zero-order valence-corrected chi connectivity index (χ0v) is 9.98. The summed E-state index contributed by atoms with van der Waals surface area (Å²) in [6.45, 7) is 2.95. The molecular formula is C11H13BrN2O. The number of halogens is 1. The lowest BCUT2D eigenvalue weighted by atomic mass is 9.84. The van der Waals surface area contributed by atoms with Crippen LogP contribution in [0.1, 0.15) is 18.0 Å². The SMILES string of the molecule is O=c1cccc2n1C[C@@H]1C[C@@H]2CN(Br)C1. The van der Waals surface area contributed by atoms with Crippen LogP contribution in [0.15, 0.2) is 23.0 Å². The quantitative estimate of drug-likeness (QED) is 0.668. The Kier molecular flexibility index (Phi) is 2.21. The van der Waals surface area contributed by atoms with E-state index in [9.17, 15) is 4.79 Å². The molecule has 3 heterocycles. The third kappa shape index (κ3) is 1.56. The summed E-state index contributed by atoms with van der Waals surface area (Å²) in [5.74, 6) is 1.14. The monoisotopic (exact) mass is 268 g/mol. The Bertz CT molecular complexity index is 442. The number of hydrogen-bond acceptors (Lipinski definition) is 2. The molecule has 0 aliphatic carbocycles. The van der Waals surface area contributed by atoms with Crippen LogP contribution >= 0.6 is 16.1 Å². The summed E-state index contributed by atoms with van der Waals surface area (Å²) in [7, 11) is 0. The summed E-state index contributed by atoms with van der Waals surface area (Å²) in [5.41, 5.74) is 1.37. The van der Waals surface area contributed by atoms with E-state index in [4.69, 9.17) is 0 Å². The van der Waals surface area contributed by atoms with Crippen molar-refractivity contribution in [2.45, 2.75) is 18.9 Å². The van der Waals surface area contributed by atoms with Gasteiger partial charge in [0.15, 0.2) is 0 Å². The molecule has 0 N–H and O–H groups in total. The first-order chi connectivity index (χ1) is 7.24. The van der Waals surface area contributed by atoms with E-state index in [1.165, 1.54) is 12.1 Å². The van der Waals surface area contributed by atoms with Gasteiger partial charge in [0.25, 0.3) is 5.56 Å². The van der Waals surface area contributed by atoms with Crippen LogP contribution in [0.5, 0.6) is 0 Å². The van der Waals surface area contributed by atoms with Crippen molar-refractivity contribution >= 4 is 16.1 Å². The lowest BCUT2D eigenvalue weighted by Gasteiger charge is -2.40. The minimum atomic E-state index is 0.158. The molecule has 2 aliphatic heterocycles. The number of fused-ring (bicyclic) bond motifs is 4. The van der Waals surface area contributed by atoms with E-state index in [2.05, 4.69) is 26.1 Å². The zero-order chi connectivity index (χ0) is 10.4. The van der Waals surface area contributed by atoms with E-state index in [0.29, 0.717) is 11.8 Å².